The number of nitrogens with zero attached hydrogens (tertiary/aromatic N) is 1. The Kier molecular flexibility index (Phi) is 4.46. The highest BCUT2D eigenvalue weighted by atomic mass is 16.3. The van der Waals surface area contributed by atoms with Gasteiger partial charge in [0.25, 0.3) is 0 Å². The van der Waals surface area contributed by atoms with Crippen LogP contribution in [-0.2, 0) is 7.05 Å². The molecule has 0 fully saturated rings. The lowest BCUT2D eigenvalue weighted by atomic mass is 9.98. The summed E-state index contributed by atoms with van der Waals surface area (Å²) in [4.78, 5) is 0. The maximum atomic E-state index is 6.83. The van der Waals surface area contributed by atoms with Crippen molar-refractivity contribution in [3.63, 3.8) is 0 Å². The molecule has 9 rings (SSSR count). The van der Waals surface area contributed by atoms with Crippen LogP contribution in [0.3, 0.4) is 0 Å². The lowest BCUT2D eigenvalue weighted by Gasteiger charge is -2.05. The molecule has 3 heterocycles. The van der Waals surface area contributed by atoms with Crippen LogP contribution in [0.5, 0.6) is 0 Å². The molecule has 0 radical (unpaired) electrons. The molecule has 9 aromatic rings. The van der Waals surface area contributed by atoms with Crippen molar-refractivity contribution in [3.8, 4) is 22.3 Å². The third-order valence-corrected chi connectivity index (χ3v) is 8.76. The van der Waals surface area contributed by atoms with Crippen LogP contribution in [-0.4, -0.2) is 4.57 Å². The summed E-state index contributed by atoms with van der Waals surface area (Å²) in [5, 5.41) is 7.00. The van der Waals surface area contributed by atoms with Gasteiger partial charge < -0.3 is 13.4 Å². The molecule has 0 saturated carbocycles. The molecule has 0 N–H and O–H groups in total. The summed E-state index contributed by atoms with van der Waals surface area (Å²) in [6.45, 7) is 2.10. The summed E-state index contributed by atoms with van der Waals surface area (Å²) in [6.07, 6.45) is 0. The van der Waals surface area contributed by atoms with E-state index in [1.54, 1.807) is 0 Å². The van der Waals surface area contributed by atoms with Gasteiger partial charge in [-0.05, 0) is 36.2 Å². The molecule has 3 heteroatoms. The van der Waals surface area contributed by atoms with Crippen molar-refractivity contribution in [1.82, 2.24) is 4.57 Å². The summed E-state index contributed by atoms with van der Waals surface area (Å²) in [7, 11) is 2.13. The van der Waals surface area contributed by atoms with E-state index in [0.717, 1.165) is 71.7 Å². The number of furan rings is 2. The molecule has 0 unspecified atom stereocenters. The zero-order valence-corrected chi connectivity index (χ0v) is 22.7. The average Bonchev–Trinajstić information content (AvgIpc) is 3.68. The molecule has 6 aromatic carbocycles. The molecular formula is C38H25NO2. The lowest BCUT2D eigenvalue weighted by Crippen LogP contribution is -1.86. The minimum atomic E-state index is 0.880. The van der Waals surface area contributed by atoms with E-state index >= 15 is 0 Å². The van der Waals surface area contributed by atoms with Gasteiger partial charge in [0.2, 0.25) is 0 Å². The first-order valence-corrected chi connectivity index (χ1v) is 14.0. The number of aromatic nitrogens is 1. The molecule has 0 aliphatic carbocycles. The molecule has 0 amide bonds. The van der Waals surface area contributed by atoms with Gasteiger partial charge in [0.05, 0.1) is 0 Å². The summed E-state index contributed by atoms with van der Waals surface area (Å²) in [5.41, 5.74) is 11.5. The molecule has 0 bridgehead atoms. The Morgan fingerprint density at radius 3 is 1.66 bits per heavy atom. The monoisotopic (exact) mass is 527 g/mol. The average molecular weight is 528 g/mol. The van der Waals surface area contributed by atoms with Crippen LogP contribution < -0.4 is 0 Å². The van der Waals surface area contributed by atoms with E-state index < -0.39 is 0 Å². The maximum Gasteiger partial charge on any atom is 0.143 e. The molecule has 0 saturated heterocycles. The first-order chi connectivity index (χ1) is 20.2. The van der Waals surface area contributed by atoms with E-state index in [4.69, 9.17) is 8.83 Å². The van der Waals surface area contributed by atoms with E-state index in [2.05, 4.69) is 134 Å². The van der Waals surface area contributed by atoms with E-state index in [1.807, 2.05) is 0 Å². The largest absolute Gasteiger partial charge is 0.455 e. The minimum Gasteiger partial charge on any atom is -0.455 e. The Morgan fingerprint density at radius 2 is 0.951 bits per heavy atom. The second kappa shape index (κ2) is 8.12. The van der Waals surface area contributed by atoms with E-state index in [1.165, 1.54) is 21.8 Å². The van der Waals surface area contributed by atoms with Gasteiger partial charge in [-0.15, -0.1) is 0 Å². The Hall–Kier alpha value is -5.28. The molecule has 3 nitrogen and oxygen atoms in total. The van der Waals surface area contributed by atoms with Crippen LogP contribution in [0.25, 0.3) is 87.9 Å². The number of aryl methyl sites for hydroxylation is 2. The molecule has 0 atom stereocenters. The summed E-state index contributed by atoms with van der Waals surface area (Å²) >= 11 is 0. The highest BCUT2D eigenvalue weighted by Crippen LogP contribution is 2.43. The molecule has 0 spiro atoms. The number of hydrogen-bond donors (Lipinski definition) is 0. The van der Waals surface area contributed by atoms with Crippen LogP contribution in [0, 0.1) is 6.92 Å². The second-order valence-electron chi connectivity index (χ2n) is 11.0. The van der Waals surface area contributed by atoms with Gasteiger partial charge >= 0.3 is 0 Å². The standard InChI is InChI=1S/C38H25NO2/c1-22-9-5-12-26-27-14-7-16-30(37(27)40-35(22)26)31-17-8-15-29-28-13-6-11-24(36(28)41-38(29)31)23-19-20-34-32(21-23)25-10-3-4-18-33(25)39(34)2/h3-21H,1-2H3. The Labute approximate surface area is 235 Å². The van der Waals surface area contributed by atoms with Gasteiger partial charge in [-0.3, -0.25) is 0 Å². The number of para-hydroxylation sites is 5. The van der Waals surface area contributed by atoms with Gasteiger partial charge in [-0.1, -0.05) is 97.1 Å². The van der Waals surface area contributed by atoms with Crippen LogP contribution >= 0.6 is 0 Å². The lowest BCUT2D eigenvalue weighted by molar-refractivity contribution is 0.663. The second-order valence-corrected chi connectivity index (χ2v) is 11.0. The van der Waals surface area contributed by atoms with Crippen LogP contribution in [0.1, 0.15) is 5.56 Å². The summed E-state index contributed by atoms with van der Waals surface area (Å²) in [5.74, 6) is 0. The number of benzene rings is 6. The van der Waals surface area contributed by atoms with Gasteiger partial charge in [0, 0.05) is 67.1 Å². The zero-order valence-electron chi connectivity index (χ0n) is 22.7. The SMILES string of the molecule is Cc1cccc2c1oc1c(-c3cccc4c3oc3c(-c5ccc6c(c5)c5ccccc5n6C)cccc34)cccc12. The van der Waals surface area contributed by atoms with E-state index in [0.29, 0.717) is 0 Å². The quantitative estimate of drug-likeness (QED) is 0.224. The van der Waals surface area contributed by atoms with Crippen molar-refractivity contribution < 1.29 is 8.83 Å². The Morgan fingerprint density at radius 1 is 0.439 bits per heavy atom. The maximum absolute atomic E-state index is 6.83. The van der Waals surface area contributed by atoms with Crippen molar-refractivity contribution in [3.05, 3.63) is 121 Å². The molecule has 0 aliphatic heterocycles. The summed E-state index contributed by atoms with van der Waals surface area (Å²) in [6, 6.07) is 40.9. The third kappa shape index (κ3) is 3.03. The summed E-state index contributed by atoms with van der Waals surface area (Å²) < 4.78 is 15.6. The molecule has 41 heavy (non-hydrogen) atoms. The van der Waals surface area contributed by atoms with Crippen molar-refractivity contribution in [1.29, 1.82) is 0 Å². The Bertz CT molecular complexity index is 2500. The highest BCUT2D eigenvalue weighted by Gasteiger charge is 2.19. The van der Waals surface area contributed by atoms with Crippen molar-refractivity contribution >= 4 is 65.7 Å². The fraction of sp³-hybridized carbons (Fsp3) is 0.0526. The number of rotatable bonds is 2. The normalized spacial score (nSPS) is 12.1. The molecule has 0 aliphatic rings. The smallest absolute Gasteiger partial charge is 0.143 e. The van der Waals surface area contributed by atoms with Gasteiger partial charge in [0.1, 0.15) is 22.3 Å². The predicted molar refractivity (Wildman–Crippen MR) is 171 cm³/mol. The van der Waals surface area contributed by atoms with Crippen molar-refractivity contribution in [2.45, 2.75) is 6.92 Å². The number of hydrogen-bond acceptors (Lipinski definition) is 2. The topological polar surface area (TPSA) is 31.2 Å². The zero-order chi connectivity index (χ0) is 27.2. The van der Waals surface area contributed by atoms with Crippen LogP contribution in [0.4, 0.5) is 0 Å². The fourth-order valence-electron chi connectivity index (χ4n) is 6.77. The van der Waals surface area contributed by atoms with E-state index in [9.17, 15) is 0 Å². The van der Waals surface area contributed by atoms with Crippen LogP contribution in [0.15, 0.2) is 124 Å². The predicted octanol–water partition coefficient (Wildman–Crippen LogP) is 10.8. The molecule has 3 aromatic heterocycles. The third-order valence-electron chi connectivity index (χ3n) is 8.76. The van der Waals surface area contributed by atoms with Crippen LogP contribution in [0.2, 0.25) is 0 Å². The van der Waals surface area contributed by atoms with Gasteiger partial charge in [0.15, 0.2) is 0 Å². The highest BCUT2D eigenvalue weighted by molar-refractivity contribution is 6.17. The molecule has 194 valence electrons. The van der Waals surface area contributed by atoms with Gasteiger partial charge in [-0.2, -0.15) is 0 Å². The van der Waals surface area contributed by atoms with Gasteiger partial charge in [-0.25, -0.2) is 0 Å². The first-order valence-electron chi connectivity index (χ1n) is 14.0. The van der Waals surface area contributed by atoms with Crippen molar-refractivity contribution in [2.24, 2.45) is 7.05 Å². The van der Waals surface area contributed by atoms with Crippen molar-refractivity contribution in [2.75, 3.05) is 0 Å². The minimum absolute atomic E-state index is 0.880. The van der Waals surface area contributed by atoms with E-state index in [-0.39, 0.29) is 0 Å². The first kappa shape index (κ1) is 22.5. The fourth-order valence-corrected chi connectivity index (χ4v) is 6.77. The molecular weight excluding hydrogens is 502 g/mol. The Balaban J connectivity index is 1.30. The number of fused-ring (bicyclic) bond motifs is 9.